The second-order valence-electron chi connectivity index (χ2n) is 3.93. The van der Waals surface area contributed by atoms with E-state index in [9.17, 15) is 13.2 Å². The maximum absolute atomic E-state index is 12.5. The number of alkyl halides is 3. The average Bonchev–Trinajstić information content (AvgIpc) is 2.80. The molecular weight excluding hydrogens is 261 g/mol. The molecule has 0 saturated heterocycles. The summed E-state index contributed by atoms with van der Waals surface area (Å²) >= 11 is 0. The summed E-state index contributed by atoms with van der Waals surface area (Å²) in [4.78, 5) is 10.9. The lowest BCUT2D eigenvalue weighted by Gasteiger charge is -2.14. The number of hydrogen-bond donors (Lipinski definition) is 1. The number of rotatable bonds is 4. The number of nitrogens with zero attached hydrogens (tertiary/aromatic N) is 5. The second kappa shape index (κ2) is 5.21. The van der Waals surface area contributed by atoms with Gasteiger partial charge in [0.1, 0.15) is 18.3 Å². The molecule has 0 fully saturated rings. The Morgan fingerprint density at radius 1 is 1.42 bits per heavy atom. The zero-order chi connectivity index (χ0) is 13.9. The van der Waals surface area contributed by atoms with Gasteiger partial charge in [0.05, 0.1) is 6.54 Å². The van der Waals surface area contributed by atoms with Crippen LogP contribution < -0.4 is 5.32 Å². The first kappa shape index (κ1) is 13.2. The molecule has 0 amide bonds. The van der Waals surface area contributed by atoms with Crippen molar-refractivity contribution in [2.45, 2.75) is 25.7 Å². The first-order valence-electron chi connectivity index (χ1n) is 5.44. The molecule has 102 valence electrons. The van der Waals surface area contributed by atoms with E-state index in [1.807, 2.05) is 0 Å². The highest BCUT2D eigenvalue weighted by Crippen LogP contribution is 2.27. The number of nitrogens with one attached hydrogen (secondary N) is 1. The van der Waals surface area contributed by atoms with Crippen LogP contribution in [0, 0.1) is 0 Å². The smallest absolute Gasteiger partial charge is 0.350 e. The third kappa shape index (κ3) is 3.63. The zero-order valence-electron chi connectivity index (χ0n) is 9.96. The summed E-state index contributed by atoms with van der Waals surface area (Å²) in [5, 5.41) is 6.68. The molecule has 9 heteroatoms. The predicted octanol–water partition coefficient (Wildman–Crippen LogP) is 1.59. The van der Waals surface area contributed by atoms with Crippen molar-refractivity contribution in [2.75, 3.05) is 5.32 Å². The Balaban J connectivity index is 2.03. The minimum absolute atomic E-state index is 0.0672. The van der Waals surface area contributed by atoms with E-state index in [0.29, 0.717) is 6.54 Å². The standard InChI is InChI=1S/C10H11F3N6/c1-7(4-19-6-14-5-16-19)17-9-15-3-2-8(18-9)10(11,12)13/h2-3,5-7H,4H2,1H3,(H,15,17,18). The van der Waals surface area contributed by atoms with Crippen molar-refractivity contribution in [3.63, 3.8) is 0 Å². The Bertz CT molecular complexity index is 524. The summed E-state index contributed by atoms with van der Waals surface area (Å²) in [5.41, 5.74) is -0.974. The molecule has 0 bridgehead atoms. The first-order chi connectivity index (χ1) is 8.95. The van der Waals surface area contributed by atoms with E-state index >= 15 is 0 Å². The molecule has 0 saturated carbocycles. The second-order valence-corrected chi connectivity index (χ2v) is 3.93. The highest BCUT2D eigenvalue weighted by molar-refractivity contribution is 5.27. The molecule has 6 nitrogen and oxygen atoms in total. The maximum atomic E-state index is 12.5. The van der Waals surface area contributed by atoms with Crippen LogP contribution in [0.15, 0.2) is 24.9 Å². The number of aromatic nitrogens is 5. The van der Waals surface area contributed by atoms with Crippen LogP contribution in [0.5, 0.6) is 0 Å². The Labute approximate surface area is 106 Å². The van der Waals surface area contributed by atoms with Gasteiger partial charge in [0, 0.05) is 12.2 Å². The van der Waals surface area contributed by atoms with Crippen LogP contribution in [0.4, 0.5) is 19.1 Å². The highest BCUT2D eigenvalue weighted by atomic mass is 19.4. The molecule has 2 aromatic heterocycles. The quantitative estimate of drug-likeness (QED) is 0.915. The molecule has 19 heavy (non-hydrogen) atoms. The maximum Gasteiger partial charge on any atom is 0.433 e. The van der Waals surface area contributed by atoms with E-state index in [1.165, 1.54) is 12.7 Å². The molecule has 1 unspecified atom stereocenters. The summed E-state index contributed by atoms with van der Waals surface area (Å²) in [6, 6.07) is 0.637. The Morgan fingerprint density at radius 3 is 2.84 bits per heavy atom. The monoisotopic (exact) mass is 272 g/mol. The molecule has 2 rings (SSSR count). The molecule has 0 aliphatic heterocycles. The van der Waals surface area contributed by atoms with E-state index in [4.69, 9.17) is 0 Å². The lowest BCUT2D eigenvalue weighted by Crippen LogP contribution is -2.24. The molecule has 0 aliphatic rings. The molecule has 0 aromatic carbocycles. The van der Waals surface area contributed by atoms with Gasteiger partial charge in [-0.2, -0.15) is 18.3 Å². The van der Waals surface area contributed by atoms with Crippen LogP contribution in [0.1, 0.15) is 12.6 Å². The Morgan fingerprint density at radius 2 is 2.21 bits per heavy atom. The van der Waals surface area contributed by atoms with Crippen molar-refractivity contribution in [1.82, 2.24) is 24.7 Å². The Hall–Kier alpha value is -2.19. The van der Waals surface area contributed by atoms with Crippen molar-refractivity contribution >= 4 is 5.95 Å². The van der Waals surface area contributed by atoms with Gasteiger partial charge in [-0.1, -0.05) is 0 Å². The summed E-state index contributed by atoms with van der Waals surface area (Å²) in [5.74, 6) is -0.0672. The number of anilines is 1. The molecule has 1 atom stereocenters. The summed E-state index contributed by atoms with van der Waals surface area (Å²) in [6.07, 6.45) is -0.506. The van der Waals surface area contributed by atoms with Crippen molar-refractivity contribution in [1.29, 1.82) is 0 Å². The van der Waals surface area contributed by atoms with Gasteiger partial charge in [-0.15, -0.1) is 0 Å². The minimum Gasteiger partial charge on any atom is -0.350 e. The van der Waals surface area contributed by atoms with E-state index in [2.05, 4.69) is 25.4 Å². The van der Waals surface area contributed by atoms with E-state index in [1.54, 1.807) is 11.6 Å². The first-order valence-corrected chi connectivity index (χ1v) is 5.44. The SMILES string of the molecule is CC(Cn1cncn1)Nc1nccc(C(F)(F)F)n1. The largest absolute Gasteiger partial charge is 0.433 e. The van der Waals surface area contributed by atoms with Crippen molar-refractivity contribution in [3.8, 4) is 0 Å². The van der Waals surface area contributed by atoms with E-state index in [0.717, 1.165) is 12.3 Å². The molecular formula is C10H11F3N6. The summed E-state index contributed by atoms with van der Waals surface area (Å²) < 4.78 is 39.0. The van der Waals surface area contributed by atoms with Gasteiger partial charge in [-0.3, -0.25) is 4.68 Å². The van der Waals surface area contributed by atoms with Crippen LogP contribution >= 0.6 is 0 Å². The molecule has 0 radical (unpaired) electrons. The third-order valence-corrected chi connectivity index (χ3v) is 2.25. The topological polar surface area (TPSA) is 68.5 Å². The molecule has 2 aromatic rings. The Kier molecular flexibility index (Phi) is 3.63. The fourth-order valence-electron chi connectivity index (χ4n) is 1.46. The number of halogens is 3. The van der Waals surface area contributed by atoms with Crippen LogP contribution in [-0.2, 0) is 12.7 Å². The fraction of sp³-hybridized carbons (Fsp3) is 0.400. The van der Waals surface area contributed by atoms with Crippen LogP contribution in [0.3, 0.4) is 0 Å². The minimum atomic E-state index is -4.48. The van der Waals surface area contributed by atoms with E-state index < -0.39 is 11.9 Å². The average molecular weight is 272 g/mol. The molecule has 0 aliphatic carbocycles. The van der Waals surface area contributed by atoms with Gasteiger partial charge in [-0.05, 0) is 13.0 Å². The molecule has 1 N–H and O–H groups in total. The number of hydrogen-bond acceptors (Lipinski definition) is 5. The van der Waals surface area contributed by atoms with Crippen LogP contribution in [0.2, 0.25) is 0 Å². The highest BCUT2D eigenvalue weighted by Gasteiger charge is 2.32. The fourth-order valence-corrected chi connectivity index (χ4v) is 1.46. The van der Waals surface area contributed by atoms with Crippen LogP contribution in [0.25, 0.3) is 0 Å². The third-order valence-electron chi connectivity index (χ3n) is 2.25. The van der Waals surface area contributed by atoms with Gasteiger partial charge >= 0.3 is 6.18 Å². The summed E-state index contributed by atoms with van der Waals surface area (Å²) in [6.45, 7) is 2.23. The summed E-state index contributed by atoms with van der Waals surface area (Å²) in [7, 11) is 0. The lowest BCUT2D eigenvalue weighted by molar-refractivity contribution is -0.141. The predicted molar refractivity (Wildman–Crippen MR) is 60.1 cm³/mol. The van der Waals surface area contributed by atoms with Crippen molar-refractivity contribution in [2.24, 2.45) is 0 Å². The van der Waals surface area contributed by atoms with Gasteiger partial charge in [0.2, 0.25) is 5.95 Å². The zero-order valence-corrected chi connectivity index (χ0v) is 9.96. The lowest BCUT2D eigenvalue weighted by atomic mass is 10.3. The molecule has 0 spiro atoms. The van der Waals surface area contributed by atoms with E-state index in [-0.39, 0.29) is 12.0 Å². The van der Waals surface area contributed by atoms with Gasteiger partial charge < -0.3 is 5.32 Å². The normalized spacial score (nSPS) is 13.3. The van der Waals surface area contributed by atoms with Crippen molar-refractivity contribution < 1.29 is 13.2 Å². The molecule has 2 heterocycles. The van der Waals surface area contributed by atoms with Crippen LogP contribution in [-0.4, -0.2) is 30.8 Å². The van der Waals surface area contributed by atoms with Gasteiger partial charge in [0.15, 0.2) is 0 Å². The van der Waals surface area contributed by atoms with Crippen molar-refractivity contribution in [3.05, 3.63) is 30.6 Å². The van der Waals surface area contributed by atoms with Gasteiger partial charge in [-0.25, -0.2) is 15.0 Å². The van der Waals surface area contributed by atoms with Gasteiger partial charge in [0.25, 0.3) is 0 Å².